The Kier molecular flexibility index (Phi) is 5.37. The van der Waals surface area contributed by atoms with Gasteiger partial charge in [0.05, 0.1) is 0 Å². The summed E-state index contributed by atoms with van der Waals surface area (Å²) in [5.74, 6) is 0. The highest BCUT2D eigenvalue weighted by molar-refractivity contribution is 7.90. The predicted molar refractivity (Wildman–Crippen MR) is 87.9 cm³/mol. The molecular weight excluding hydrogens is 362 g/mol. The molecule has 2 saturated heterocycles. The van der Waals surface area contributed by atoms with Gasteiger partial charge in [0.25, 0.3) is 0 Å². The number of pyridine rings is 1. The molecular formula is C13H20ClN3O4S2. The van der Waals surface area contributed by atoms with Crippen LogP contribution in [0.1, 0.15) is 19.3 Å². The van der Waals surface area contributed by atoms with Gasteiger partial charge in [-0.15, -0.1) is 12.4 Å². The van der Waals surface area contributed by atoms with E-state index in [-0.39, 0.29) is 28.4 Å². The van der Waals surface area contributed by atoms with Gasteiger partial charge in [0.2, 0.25) is 10.0 Å². The van der Waals surface area contributed by atoms with E-state index in [1.165, 1.54) is 16.4 Å². The molecule has 7 nitrogen and oxygen atoms in total. The summed E-state index contributed by atoms with van der Waals surface area (Å²) in [5, 5.41) is 3.31. The molecule has 0 spiro atoms. The third kappa shape index (κ3) is 3.85. The fourth-order valence-corrected chi connectivity index (χ4v) is 5.02. The van der Waals surface area contributed by atoms with E-state index in [2.05, 4.69) is 10.3 Å². The van der Waals surface area contributed by atoms with Crippen LogP contribution in [0.2, 0.25) is 0 Å². The number of halogens is 1. The molecule has 2 unspecified atom stereocenters. The average molecular weight is 382 g/mol. The maximum atomic E-state index is 12.7. The van der Waals surface area contributed by atoms with Crippen LogP contribution >= 0.6 is 12.4 Å². The monoisotopic (exact) mass is 381 g/mol. The van der Waals surface area contributed by atoms with Gasteiger partial charge in [-0.05, 0) is 31.4 Å². The van der Waals surface area contributed by atoms with Gasteiger partial charge >= 0.3 is 0 Å². The molecule has 1 aromatic rings. The number of sulfonamides is 1. The van der Waals surface area contributed by atoms with E-state index in [1.54, 1.807) is 0 Å². The van der Waals surface area contributed by atoms with E-state index < -0.39 is 19.9 Å². The molecule has 10 heteroatoms. The summed E-state index contributed by atoms with van der Waals surface area (Å²) in [5.41, 5.74) is 0. The maximum Gasteiger partial charge on any atom is 0.244 e. The van der Waals surface area contributed by atoms with Crippen molar-refractivity contribution >= 4 is 32.3 Å². The first kappa shape index (κ1) is 18.6. The molecule has 1 aromatic heterocycles. The first-order valence-electron chi connectivity index (χ1n) is 7.19. The SMILES string of the molecule is CS(=O)(=O)c1ccc(S(=O)(=O)N2CCC3CCC(C2)N3)cn1.Cl. The van der Waals surface area contributed by atoms with Crippen LogP contribution in [0.5, 0.6) is 0 Å². The van der Waals surface area contributed by atoms with Crippen molar-refractivity contribution < 1.29 is 16.8 Å². The predicted octanol–water partition coefficient (Wildman–Crippen LogP) is 0.422. The van der Waals surface area contributed by atoms with E-state index in [0.29, 0.717) is 19.1 Å². The first-order valence-corrected chi connectivity index (χ1v) is 10.5. The lowest BCUT2D eigenvalue weighted by Gasteiger charge is -2.23. The number of sulfone groups is 1. The third-order valence-corrected chi connectivity index (χ3v) is 7.06. The third-order valence-electron chi connectivity index (χ3n) is 4.21. The lowest BCUT2D eigenvalue weighted by atomic mass is 10.1. The highest BCUT2D eigenvalue weighted by Gasteiger charge is 2.35. The number of rotatable bonds is 3. The van der Waals surface area contributed by atoms with Crippen LogP contribution in [-0.2, 0) is 19.9 Å². The number of fused-ring (bicyclic) bond motifs is 2. The van der Waals surface area contributed by atoms with Crippen LogP contribution < -0.4 is 5.32 Å². The maximum absolute atomic E-state index is 12.7. The van der Waals surface area contributed by atoms with Crippen LogP contribution in [0.4, 0.5) is 0 Å². The van der Waals surface area contributed by atoms with Gasteiger partial charge in [-0.3, -0.25) is 0 Å². The minimum absolute atomic E-state index is 0. The molecule has 2 aliphatic heterocycles. The molecule has 2 atom stereocenters. The Hall–Kier alpha value is -0.740. The highest BCUT2D eigenvalue weighted by Crippen LogP contribution is 2.25. The van der Waals surface area contributed by atoms with Crippen LogP contribution in [-0.4, -0.2) is 57.6 Å². The lowest BCUT2D eigenvalue weighted by Crippen LogP contribution is -2.39. The quantitative estimate of drug-likeness (QED) is 0.815. The van der Waals surface area contributed by atoms with E-state index >= 15 is 0 Å². The number of aromatic nitrogens is 1. The summed E-state index contributed by atoms with van der Waals surface area (Å²) in [6.07, 6.45) is 5.05. The molecule has 3 heterocycles. The Morgan fingerprint density at radius 3 is 2.43 bits per heavy atom. The van der Waals surface area contributed by atoms with Gasteiger partial charge in [0, 0.05) is 37.6 Å². The second-order valence-corrected chi connectivity index (χ2v) is 9.79. The lowest BCUT2D eigenvalue weighted by molar-refractivity contribution is 0.383. The average Bonchev–Trinajstić information content (AvgIpc) is 2.77. The second-order valence-electron chi connectivity index (χ2n) is 5.89. The molecule has 2 aliphatic rings. The van der Waals surface area contributed by atoms with Crippen molar-refractivity contribution in [3.8, 4) is 0 Å². The number of hydrogen-bond donors (Lipinski definition) is 1. The molecule has 0 saturated carbocycles. The smallest absolute Gasteiger partial charge is 0.244 e. The summed E-state index contributed by atoms with van der Waals surface area (Å²) < 4.78 is 49.6. The Bertz CT molecular complexity index is 765. The summed E-state index contributed by atoms with van der Waals surface area (Å²) >= 11 is 0. The van der Waals surface area contributed by atoms with Crippen molar-refractivity contribution in [2.75, 3.05) is 19.3 Å². The van der Waals surface area contributed by atoms with E-state index in [0.717, 1.165) is 31.7 Å². The van der Waals surface area contributed by atoms with Gasteiger partial charge in [0.15, 0.2) is 14.9 Å². The molecule has 0 aromatic carbocycles. The summed E-state index contributed by atoms with van der Waals surface area (Å²) in [6, 6.07) is 3.15. The van der Waals surface area contributed by atoms with Crippen LogP contribution in [0, 0.1) is 0 Å². The molecule has 2 bridgehead atoms. The Labute approximate surface area is 142 Å². The minimum Gasteiger partial charge on any atom is -0.310 e. The van der Waals surface area contributed by atoms with Crippen molar-refractivity contribution in [1.82, 2.24) is 14.6 Å². The van der Waals surface area contributed by atoms with Crippen LogP contribution in [0.3, 0.4) is 0 Å². The van der Waals surface area contributed by atoms with Crippen LogP contribution in [0.15, 0.2) is 28.3 Å². The van der Waals surface area contributed by atoms with Gasteiger partial charge in [0.1, 0.15) is 4.90 Å². The van der Waals surface area contributed by atoms with E-state index in [4.69, 9.17) is 0 Å². The number of nitrogens with one attached hydrogen (secondary N) is 1. The van der Waals surface area contributed by atoms with Crippen molar-refractivity contribution in [1.29, 1.82) is 0 Å². The van der Waals surface area contributed by atoms with Crippen molar-refractivity contribution in [3.63, 3.8) is 0 Å². The minimum atomic E-state index is -3.63. The molecule has 0 amide bonds. The first-order chi connectivity index (χ1) is 10.3. The zero-order valence-electron chi connectivity index (χ0n) is 12.7. The van der Waals surface area contributed by atoms with Crippen molar-refractivity contribution in [2.45, 2.75) is 41.3 Å². The van der Waals surface area contributed by atoms with Gasteiger partial charge in [-0.2, -0.15) is 4.31 Å². The molecule has 0 radical (unpaired) electrons. The van der Waals surface area contributed by atoms with Crippen molar-refractivity contribution in [2.24, 2.45) is 0 Å². The summed E-state index contributed by atoms with van der Waals surface area (Å²) in [4.78, 5) is 3.81. The molecule has 0 aliphatic carbocycles. The van der Waals surface area contributed by atoms with Gasteiger partial charge in [-0.1, -0.05) is 0 Å². The van der Waals surface area contributed by atoms with Crippen LogP contribution in [0.25, 0.3) is 0 Å². The topological polar surface area (TPSA) is 96.4 Å². The molecule has 3 rings (SSSR count). The number of nitrogens with zero attached hydrogens (tertiary/aromatic N) is 2. The normalized spacial score (nSPS) is 25.6. The Morgan fingerprint density at radius 1 is 1.13 bits per heavy atom. The zero-order chi connectivity index (χ0) is 16.0. The highest BCUT2D eigenvalue weighted by atomic mass is 35.5. The molecule has 23 heavy (non-hydrogen) atoms. The molecule has 2 fully saturated rings. The van der Waals surface area contributed by atoms with E-state index in [1.807, 2.05) is 0 Å². The number of hydrogen-bond acceptors (Lipinski definition) is 6. The largest absolute Gasteiger partial charge is 0.310 e. The fourth-order valence-electron chi connectivity index (χ4n) is 3.02. The van der Waals surface area contributed by atoms with Gasteiger partial charge in [-0.25, -0.2) is 21.8 Å². The second kappa shape index (κ2) is 6.64. The zero-order valence-corrected chi connectivity index (χ0v) is 15.1. The van der Waals surface area contributed by atoms with Gasteiger partial charge < -0.3 is 5.32 Å². The van der Waals surface area contributed by atoms with E-state index in [9.17, 15) is 16.8 Å². The standard InChI is InChI=1S/C13H19N3O4S2.ClH/c1-21(17,18)13-5-4-12(8-14-13)22(19,20)16-7-6-10-2-3-11(9-16)15-10;/h4-5,8,10-11,15H,2-3,6-7,9H2,1H3;1H. The molecule has 1 N–H and O–H groups in total. The van der Waals surface area contributed by atoms with Crippen molar-refractivity contribution in [3.05, 3.63) is 18.3 Å². The molecule has 130 valence electrons. The summed E-state index contributed by atoms with van der Waals surface area (Å²) in [7, 11) is -7.07. The Balaban J connectivity index is 0.00000192. The fraction of sp³-hybridized carbons (Fsp3) is 0.615. The summed E-state index contributed by atoms with van der Waals surface area (Å²) in [6.45, 7) is 0.928. The Morgan fingerprint density at radius 2 is 1.83 bits per heavy atom.